The number of carbonyl (C=O) groups excluding carboxylic acids is 1. The van der Waals surface area contributed by atoms with Crippen molar-refractivity contribution in [1.82, 2.24) is 5.32 Å². The summed E-state index contributed by atoms with van der Waals surface area (Å²) in [6, 6.07) is 5.42. The van der Waals surface area contributed by atoms with Crippen LogP contribution in [0.1, 0.15) is 32.3 Å². The summed E-state index contributed by atoms with van der Waals surface area (Å²) in [4.78, 5) is 12.6. The molecule has 1 fully saturated rings. The Kier molecular flexibility index (Phi) is 5.11. The Morgan fingerprint density at radius 3 is 2.70 bits per heavy atom. The molecule has 0 amide bonds. The van der Waals surface area contributed by atoms with Crippen molar-refractivity contribution < 1.29 is 4.79 Å². The fourth-order valence-corrected chi connectivity index (χ4v) is 3.08. The lowest BCUT2D eigenvalue weighted by Gasteiger charge is -2.36. The molecule has 1 aliphatic rings. The van der Waals surface area contributed by atoms with E-state index < -0.39 is 0 Å². The van der Waals surface area contributed by atoms with Gasteiger partial charge in [-0.25, -0.2) is 0 Å². The van der Waals surface area contributed by atoms with E-state index in [9.17, 15) is 4.79 Å². The zero-order chi connectivity index (χ0) is 14.8. The number of ketones is 1. The van der Waals surface area contributed by atoms with Gasteiger partial charge in [-0.3, -0.25) is 4.79 Å². The van der Waals surface area contributed by atoms with Crippen molar-refractivity contribution in [2.45, 2.75) is 33.1 Å². The zero-order valence-corrected chi connectivity index (χ0v) is 13.5. The van der Waals surface area contributed by atoms with Gasteiger partial charge in [-0.2, -0.15) is 0 Å². The largest absolute Gasteiger partial charge is 0.316 e. The standard InChI is InChI=1S/C16H21Cl2NO/c1-16(2,12-4-3-7-19-10-12)15(20)9-11-5-6-13(17)14(18)8-11/h5-6,8,12,19H,3-4,7,9-10H2,1-2H3. The monoisotopic (exact) mass is 313 g/mol. The zero-order valence-electron chi connectivity index (χ0n) is 12.0. The molecule has 0 aliphatic carbocycles. The first kappa shape index (κ1) is 15.8. The minimum atomic E-state index is -0.306. The Balaban J connectivity index is 2.07. The van der Waals surface area contributed by atoms with Crippen LogP contribution in [0.25, 0.3) is 0 Å². The molecular weight excluding hydrogens is 293 g/mol. The number of carbonyl (C=O) groups is 1. The van der Waals surface area contributed by atoms with E-state index in [1.807, 2.05) is 6.07 Å². The van der Waals surface area contributed by atoms with Crippen LogP contribution in [0.3, 0.4) is 0 Å². The van der Waals surface area contributed by atoms with Crippen molar-refractivity contribution in [3.63, 3.8) is 0 Å². The van der Waals surface area contributed by atoms with Crippen LogP contribution in [-0.4, -0.2) is 18.9 Å². The number of Topliss-reactive ketones (excluding diaryl/α,β-unsaturated/α-hetero) is 1. The highest BCUT2D eigenvalue weighted by molar-refractivity contribution is 6.42. The van der Waals surface area contributed by atoms with Gasteiger partial charge in [-0.15, -0.1) is 0 Å². The Labute approximate surface area is 130 Å². The molecule has 0 bridgehead atoms. The average Bonchev–Trinajstić information content (AvgIpc) is 2.44. The van der Waals surface area contributed by atoms with Gasteiger partial charge in [0.05, 0.1) is 10.0 Å². The van der Waals surface area contributed by atoms with Crippen molar-refractivity contribution >= 4 is 29.0 Å². The molecule has 2 rings (SSSR count). The molecule has 1 aromatic carbocycles. The first-order valence-electron chi connectivity index (χ1n) is 7.09. The van der Waals surface area contributed by atoms with E-state index >= 15 is 0 Å². The second kappa shape index (κ2) is 6.46. The SMILES string of the molecule is CC(C)(C(=O)Cc1ccc(Cl)c(Cl)c1)C1CCCNC1. The van der Waals surface area contributed by atoms with Crippen LogP contribution in [-0.2, 0) is 11.2 Å². The minimum absolute atomic E-state index is 0.268. The number of nitrogens with one attached hydrogen (secondary N) is 1. The summed E-state index contributed by atoms with van der Waals surface area (Å²) < 4.78 is 0. The van der Waals surface area contributed by atoms with Crippen molar-refractivity contribution in [3.8, 4) is 0 Å². The predicted octanol–water partition coefficient (Wildman–Crippen LogP) is 4.13. The molecule has 20 heavy (non-hydrogen) atoms. The van der Waals surface area contributed by atoms with Gasteiger partial charge in [0, 0.05) is 11.8 Å². The molecule has 1 aliphatic heterocycles. The summed E-state index contributed by atoms with van der Waals surface area (Å²) >= 11 is 11.9. The molecule has 2 nitrogen and oxygen atoms in total. The van der Waals surface area contributed by atoms with Gasteiger partial charge in [0.2, 0.25) is 0 Å². The Bertz CT molecular complexity index is 493. The first-order chi connectivity index (χ1) is 9.41. The third kappa shape index (κ3) is 3.55. The molecular formula is C16H21Cl2NO. The predicted molar refractivity (Wildman–Crippen MR) is 84.5 cm³/mol. The van der Waals surface area contributed by atoms with Gasteiger partial charge in [0.25, 0.3) is 0 Å². The van der Waals surface area contributed by atoms with E-state index in [1.54, 1.807) is 12.1 Å². The summed E-state index contributed by atoms with van der Waals surface area (Å²) in [5.74, 6) is 0.677. The van der Waals surface area contributed by atoms with Gasteiger partial charge < -0.3 is 5.32 Å². The quantitative estimate of drug-likeness (QED) is 0.905. The lowest BCUT2D eigenvalue weighted by atomic mass is 9.71. The molecule has 0 radical (unpaired) electrons. The van der Waals surface area contributed by atoms with E-state index in [0.29, 0.717) is 22.4 Å². The van der Waals surface area contributed by atoms with E-state index in [2.05, 4.69) is 19.2 Å². The molecule has 1 atom stereocenters. The number of piperidine rings is 1. The summed E-state index contributed by atoms with van der Waals surface area (Å²) in [6.45, 7) is 6.11. The van der Waals surface area contributed by atoms with Crippen molar-refractivity contribution in [1.29, 1.82) is 0 Å². The molecule has 0 saturated carbocycles. The van der Waals surface area contributed by atoms with Crippen LogP contribution in [0.5, 0.6) is 0 Å². The second-order valence-electron chi connectivity index (χ2n) is 6.11. The number of hydrogen-bond acceptors (Lipinski definition) is 2. The molecule has 0 aromatic heterocycles. The van der Waals surface area contributed by atoms with Gasteiger partial charge in [-0.1, -0.05) is 43.1 Å². The van der Waals surface area contributed by atoms with E-state index in [1.165, 1.54) is 0 Å². The lowest BCUT2D eigenvalue weighted by Crippen LogP contribution is -2.43. The van der Waals surface area contributed by atoms with Crippen molar-refractivity contribution in [3.05, 3.63) is 33.8 Å². The third-order valence-corrected chi connectivity index (χ3v) is 5.12. The van der Waals surface area contributed by atoms with Crippen LogP contribution in [0.2, 0.25) is 10.0 Å². The summed E-state index contributed by atoms with van der Waals surface area (Å²) in [5, 5.41) is 4.42. The fraction of sp³-hybridized carbons (Fsp3) is 0.562. The number of benzene rings is 1. The molecule has 1 saturated heterocycles. The molecule has 1 N–H and O–H groups in total. The normalized spacial score (nSPS) is 19.9. The highest BCUT2D eigenvalue weighted by Gasteiger charge is 2.36. The van der Waals surface area contributed by atoms with Gasteiger partial charge in [0.1, 0.15) is 5.78 Å². The lowest BCUT2D eigenvalue weighted by molar-refractivity contribution is -0.129. The second-order valence-corrected chi connectivity index (χ2v) is 6.93. The molecule has 4 heteroatoms. The Morgan fingerprint density at radius 2 is 2.10 bits per heavy atom. The third-order valence-electron chi connectivity index (χ3n) is 4.38. The molecule has 1 heterocycles. The number of hydrogen-bond donors (Lipinski definition) is 1. The van der Waals surface area contributed by atoms with Crippen molar-refractivity contribution in [2.24, 2.45) is 11.3 Å². The van der Waals surface area contributed by atoms with Crippen LogP contribution in [0.15, 0.2) is 18.2 Å². The highest BCUT2D eigenvalue weighted by Crippen LogP contribution is 2.34. The maximum Gasteiger partial charge on any atom is 0.143 e. The van der Waals surface area contributed by atoms with E-state index in [-0.39, 0.29) is 11.2 Å². The number of halogens is 2. The average molecular weight is 314 g/mol. The Morgan fingerprint density at radius 1 is 1.35 bits per heavy atom. The maximum absolute atomic E-state index is 12.6. The smallest absolute Gasteiger partial charge is 0.143 e. The molecule has 1 unspecified atom stereocenters. The van der Waals surface area contributed by atoms with Gasteiger partial charge >= 0.3 is 0 Å². The van der Waals surface area contributed by atoms with E-state index in [4.69, 9.17) is 23.2 Å². The molecule has 1 aromatic rings. The number of rotatable bonds is 4. The summed E-state index contributed by atoms with van der Waals surface area (Å²) in [5.41, 5.74) is 0.626. The fourth-order valence-electron chi connectivity index (χ4n) is 2.76. The van der Waals surface area contributed by atoms with Crippen LogP contribution in [0, 0.1) is 11.3 Å². The van der Waals surface area contributed by atoms with Gasteiger partial charge in [0.15, 0.2) is 0 Å². The topological polar surface area (TPSA) is 29.1 Å². The molecule has 110 valence electrons. The van der Waals surface area contributed by atoms with Crippen LogP contribution < -0.4 is 5.32 Å². The van der Waals surface area contributed by atoms with Crippen molar-refractivity contribution in [2.75, 3.05) is 13.1 Å². The van der Waals surface area contributed by atoms with E-state index in [0.717, 1.165) is 31.5 Å². The van der Waals surface area contributed by atoms with Crippen LogP contribution >= 0.6 is 23.2 Å². The first-order valence-corrected chi connectivity index (χ1v) is 7.85. The molecule has 0 spiro atoms. The van der Waals surface area contributed by atoms with Gasteiger partial charge in [-0.05, 0) is 49.5 Å². The summed E-state index contributed by atoms with van der Waals surface area (Å²) in [7, 11) is 0. The Hall–Kier alpha value is -0.570. The maximum atomic E-state index is 12.6. The summed E-state index contributed by atoms with van der Waals surface area (Å²) in [6.07, 6.45) is 2.68. The highest BCUT2D eigenvalue weighted by atomic mass is 35.5. The minimum Gasteiger partial charge on any atom is -0.316 e. The van der Waals surface area contributed by atoms with Crippen LogP contribution in [0.4, 0.5) is 0 Å².